The van der Waals surface area contributed by atoms with Gasteiger partial charge in [-0.2, -0.15) is 0 Å². The van der Waals surface area contributed by atoms with E-state index >= 15 is 0 Å². The Balaban J connectivity index is 2.25. The second kappa shape index (κ2) is 13.6. The molecule has 0 fully saturated rings. The first-order valence-corrected chi connectivity index (χ1v) is 13.8. The number of rotatable bonds is 10. The fraction of sp³-hybridized carbons (Fsp3) is 0.355. The fourth-order valence-electron chi connectivity index (χ4n) is 4.37. The van der Waals surface area contributed by atoms with Gasteiger partial charge in [-0.1, -0.05) is 32.0 Å². The molecule has 3 rings (SSSR count). The van der Waals surface area contributed by atoms with Gasteiger partial charge in [-0.25, -0.2) is 14.7 Å². The van der Waals surface area contributed by atoms with E-state index in [1.165, 1.54) is 17.0 Å². The number of hydrogen-bond donors (Lipinski definition) is 3. The van der Waals surface area contributed by atoms with Crippen LogP contribution in [-0.4, -0.2) is 47.7 Å². The molecule has 0 saturated heterocycles. The lowest BCUT2D eigenvalue weighted by Gasteiger charge is -2.29. The summed E-state index contributed by atoms with van der Waals surface area (Å²) in [5, 5.41) is 16.4. The third-order valence-corrected chi connectivity index (χ3v) is 6.53. The van der Waals surface area contributed by atoms with Gasteiger partial charge < -0.3 is 25.4 Å². The van der Waals surface area contributed by atoms with Crippen LogP contribution in [0.3, 0.4) is 0 Å². The molecule has 0 aliphatic carbocycles. The van der Waals surface area contributed by atoms with E-state index in [0.717, 1.165) is 24.5 Å². The average molecular weight is 562 g/mol. The quantitative estimate of drug-likeness (QED) is 0.245. The predicted octanol–water partition coefficient (Wildman–Crippen LogP) is 6.39. The Bertz CT molecular complexity index is 1380. The van der Waals surface area contributed by atoms with E-state index in [1.54, 1.807) is 58.0 Å². The highest BCUT2D eigenvalue weighted by Gasteiger charge is 2.29. The molecule has 2 aromatic carbocycles. The summed E-state index contributed by atoms with van der Waals surface area (Å²) in [6, 6.07) is 13.2. The molecule has 1 aromatic heterocycles. The molecule has 218 valence electrons. The monoisotopic (exact) mass is 561 g/mol. The minimum Gasteiger partial charge on any atom is -0.506 e. The first kappa shape index (κ1) is 30.9. The lowest BCUT2D eigenvalue weighted by molar-refractivity contribution is -0.118. The van der Waals surface area contributed by atoms with Gasteiger partial charge in [0.05, 0.1) is 35.1 Å². The highest BCUT2D eigenvalue weighted by molar-refractivity contribution is 6.09. The van der Waals surface area contributed by atoms with Crippen LogP contribution in [0.15, 0.2) is 48.5 Å². The number of ether oxygens (including phenoxy) is 1. The van der Waals surface area contributed by atoms with Gasteiger partial charge in [-0.15, -0.1) is 0 Å². The molecule has 3 amide bonds. The smallest absolute Gasteiger partial charge is 0.419 e. The Morgan fingerprint density at radius 1 is 0.951 bits per heavy atom. The number of carbonyl (C=O) groups excluding carboxylic acids is 3. The van der Waals surface area contributed by atoms with Crippen molar-refractivity contribution in [2.24, 2.45) is 5.92 Å². The molecular weight excluding hydrogens is 522 g/mol. The van der Waals surface area contributed by atoms with Crippen LogP contribution in [0.4, 0.5) is 33.4 Å². The van der Waals surface area contributed by atoms with Gasteiger partial charge in [-0.05, 0) is 64.4 Å². The third kappa shape index (κ3) is 7.13. The van der Waals surface area contributed by atoms with Crippen molar-refractivity contribution < 1.29 is 24.2 Å². The van der Waals surface area contributed by atoms with Crippen molar-refractivity contribution in [1.82, 2.24) is 4.98 Å². The van der Waals surface area contributed by atoms with E-state index in [1.807, 2.05) is 26.8 Å². The van der Waals surface area contributed by atoms with Crippen LogP contribution in [0.2, 0.25) is 0 Å². The van der Waals surface area contributed by atoms with Crippen LogP contribution >= 0.6 is 0 Å². The van der Waals surface area contributed by atoms with Crippen molar-refractivity contribution in [2.45, 2.75) is 48.5 Å². The number of nitrogens with one attached hydrogen (secondary N) is 2. The topological polar surface area (TPSA) is 124 Å². The number of aromatic hydroxyl groups is 1. The van der Waals surface area contributed by atoms with Gasteiger partial charge in [0.1, 0.15) is 11.6 Å². The number of pyridine rings is 1. The summed E-state index contributed by atoms with van der Waals surface area (Å²) in [7, 11) is 0. The summed E-state index contributed by atoms with van der Waals surface area (Å²) < 4.78 is 5.46. The van der Waals surface area contributed by atoms with E-state index in [-0.39, 0.29) is 41.2 Å². The van der Waals surface area contributed by atoms with Crippen molar-refractivity contribution >= 4 is 46.5 Å². The predicted molar refractivity (Wildman–Crippen MR) is 162 cm³/mol. The van der Waals surface area contributed by atoms with E-state index < -0.39 is 12.0 Å². The van der Waals surface area contributed by atoms with Gasteiger partial charge in [-0.3, -0.25) is 9.59 Å². The van der Waals surface area contributed by atoms with Gasteiger partial charge in [0, 0.05) is 30.6 Å². The second-order valence-electron chi connectivity index (χ2n) is 9.79. The summed E-state index contributed by atoms with van der Waals surface area (Å²) in [6.45, 7) is 14.5. The Hall–Kier alpha value is -4.60. The molecule has 3 N–H and O–H groups in total. The highest BCUT2D eigenvalue weighted by Crippen LogP contribution is 2.42. The van der Waals surface area contributed by atoms with E-state index in [4.69, 9.17) is 9.72 Å². The molecule has 0 unspecified atom stereocenters. The minimum absolute atomic E-state index is 0.0497. The summed E-state index contributed by atoms with van der Waals surface area (Å²) in [5.41, 5.74) is 2.57. The van der Waals surface area contributed by atoms with Crippen molar-refractivity contribution in [2.75, 3.05) is 40.1 Å². The Morgan fingerprint density at radius 2 is 1.61 bits per heavy atom. The molecule has 10 heteroatoms. The Morgan fingerprint density at radius 3 is 2.17 bits per heavy atom. The zero-order valence-electron chi connectivity index (χ0n) is 24.7. The number of benzene rings is 2. The number of amides is 3. The minimum atomic E-state index is -0.706. The molecule has 0 spiro atoms. The van der Waals surface area contributed by atoms with Crippen molar-refractivity contribution in [1.29, 1.82) is 0 Å². The fourth-order valence-corrected chi connectivity index (χ4v) is 4.37. The van der Waals surface area contributed by atoms with Gasteiger partial charge >= 0.3 is 6.09 Å². The molecule has 0 radical (unpaired) electrons. The summed E-state index contributed by atoms with van der Waals surface area (Å²) in [6.07, 6.45) is -0.706. The van der Waals surface area contributed by atoms with E-state index in [2.05, 4.69) is 15.5 Å². The van der Waals surface area contributed by atoms with Gasteiger partial charge in [0.25, 0.3) is 5.91 Å². The van der Waals surface area contributed by atoms with Crippen molar-refractivity contribution in [3.63, 3.8) is 0 Å². The van der Waals surface area contributed by atoms with Crippen LogP contribution < -0.4 is 20.4 Å². The van der Waals surface area contributed by atoms with Gasteiger partial charge in [0.15, 0.2) is 0 Å². The maximum Gasteiger partial charge on any atom is 0.419 e. The van der Waals surface area contributed by atoms with Crippen LogP contribution in [0, 0.1) is 19.8 Å². The lowest BCUT2D eigenvalue weighted by atomic mass is 10.1. The number of hydrogen-bond acceptors (Lipinski definition) is 7. The summed E-state index contributed by atoms with van der Waals surface area (Å²) in [4.78, 5) is 47.5. The van der Waals surface area contributed by atoms with E-state index in [0.29, 0.717) is 16.9 Å². The largest absolute Gasteiger partial charge is 0.506 e. The number of phenolic OH excluding ortho intramolecular Hbond substituents is 1. The zero-order valence-corrected chi connectivity index (χ0v) is 24.7. The SMILES string of the molecule is CCOC(=O)N(c1cc(NC(=O)c2ccccc2)c(O)cc1NC(=O)C(C)C)c1c(C)cc(N(CC)CC)nc1C. The van der Waals surface area contributed by atoms with Crippen LogP contribution in [-0.2, 0) is 9.53 Å². The van der Waals surface area contributed by atoms with Crippen LogP contribution in [0.5, 0.6) is 5.75 Å². The number of anilines is 5. The Labute approximate surface area is 241 Å². The van der Waals surface area contributed by atoms with Crippen molar-refractivity contribution in [3.8, 4) is 5.75 Å². The number of nitrogens with zero attached hydrogens (tertiary/aromatic N) is 3. The molecule has 10 nitrogen and oxygen atoms in total. The molecule has 0 bridgehead atoms. The molecule has 0 aliphatic rings. The maximum atomic E-state index is 13.6. The normalized spacial score (nSPS) is 10.7. The first-order chi connectivity index (χ1) is 19.5. The highest BCUT2D eigenvalue weighted by atomic mass is 16.6. The number of carbonyl (C=O) groups is 3. The van der Waals surface area contributed by atoms with Crippen molar-refractivity contribution in [3.05, 3.63) is 65.4 Å². The second-order valence-corrected chi connectivity index (χ2v) is 9.79. The average Bonchev–Trinajstić information content (AvgIpc) is 2.93. The maximum absolute atomic E-state index is 13.6. The standard InChI is InChI=1S/C31H39N5O5/c1-8-35(9-2)27-16-20(6)28(21(7)32-27)36(31(40)41-10-3)25-17-24(34-30(39)22-14-12-11-13-15-22)26(37)18-23(25)33-29(38)19(4)5/h11-19,37H,8-10H2,1-7H3,(H,33,38)(H,34,39). The third-order valence-electron chi connectivity index (χ3n) is 6.53. The molecular formula is C31H39N5O5. The Kier molecular flexibility index (Phi) is 10.3. The molecule has 3 aromatic rings. The van der Waals surface area contributed by atoms with E-state index in [9.17, 15) is 19.5 Å². The first-order valence-electron chi connectivity index (χ1n) is 13.8. The lowest BCUT2D eigenvalue weighted by Crippen LogP contribution is -2.31. The number of aromatic nitrogens is 1. The summed E-state index contributed by atoms with van der Waals surface area (Å²) >= 11 is 0. The molecule has 41 heavy (non-hydrogen) atoms. The van der Waals surface area contributed by atoms with Crippen LogP contribution in [0.25, 0.3) is 0 Å². The molecule has 0 aliphatic heterocycles. The molecule has 0 saturated carbocycles. The van der Waals surface area contributed by atoms with Crippen LogP contribution in [0.1, 0.15) is 56.2 Å². The molecule has 0 atom stereocenters. The number of phenols is 1. The van der Waals surface area contributed by atoms with Gasteiger partial charge in [0.2, 0.25) is 5.91 Å². The number of aryl methyl sites for hydroxylation is 2. The molecule has 1 heterocycles. The summed E-state index contributed by atoms with van der Waals surface area (Å²) in [5.74, 6) is -0.668. The zero-order chi connectivity index (χ0) is 30.3.